The fourth-order valence-electron chi connectivity index (χ4n) is 1.73. The number of non-ortho nitro benzene ring substituents is 1. The van der Waals surface area contributed by atoms with Crippen LogP contribution in [-0.2, 0) is 0 Å². The van der Waals surface area contributed by atoms with Crippen molar-refractivity contribution in [3.05, 3.63) is 56.1 Å². The zero-order valence-corrected chi connectivity index (χ0v) is 8.90. The summed E-state index contributed by atoms with van der Waals surface area (Å²) in [5.74, 6) is 0. The van der Waals surface area contributed by atoms with Gasteiger partial charge >= 0.3 is 0 Å². The Bertz CT molecular complexity index is 680. The number of aldehydes is 1. The Labute approximate surface area is 99.9 Å². The molecule has 0 bridgehead atoms. The van der Waals surface area contributed by atoms with E-state index in [0.29, 0.717) is 11.7 Å². The number of hydrogen-bond donors (Lipinski definition) is 0. The summed E-state index contributed by atoms with van der Waals surface area (Å²) >= 11 is 0. The number of nitrogens with zero attached hydrogens (tertiary/aromatic N) is 2. The Morgan fingerprint density at radius 2 is 1.67 bits per heavy atom. The molecular formula is C11H6N2O5. The predicted octanol–water partition coefficient (Wildman–Crippen LogP) is 2.47. The van der Waals surface area contributed by atoms with E-state index in [1.807, 2.05) is 0 Å². The number of nitro benzene ring substituents is 2. The fourth-order valence-corrected chi connectivity index (χ4v) is 1.73. The molecule has 7 heteroatoms. The smallest absolute Gasteiger partial charge is 0.280 e. The van der Waals surface area contributed by atoms with Crippen molar-refractivity contribution in [2.75, 3.05) is 0 Å². The molecule has 0 atom stereocenters. The molecule has 0 amide bonds. The minimum atomic E-state index is -0.692. The first-order valence-corrected chi connectivity index (χ1v) is 4.85. The number of carbonyl (C=O) groups is 1. The van der Waals surface area contributed by atoms with Gasteiger partial charge in [-0.1, -0.05) is 12.1 Å². The third-order valence-corrected chi connectivity index (χ3v) is 2.53. The highest BCUT2D eigenvalue weighted by Gasteiger charge is 2.19. The Kier molecular flexibility index (Phi) is 2.72. The van der Waals surface area contributed by atoms with Gasteiger partial charge in [0.25, 0.3) is 11.4 Å². The highest BCUT2D eigenvalue weighted by atomic mass is 16.6. The first-order valence-electron chi connectivity index (χ1n) is 4.85. The molecule has 0 N–H and O–H groups in total. The molecule has 0 saturated heterocycles. The molecule has 7 nitrogen and oxygen atoms in total. The van der Waals surface area contributed by atoms with Crippen molar-refractivity contribution in [2.45, 2.75) is 0 Å². The number of nitro groups is 2. The van der Waals surface area contributed by atoms with E-state index >= 15 is 0 Å². The van der Waals surface area contributed by atoms with Crippen LogP contribution >= 0.6 is 0 Å². The van der Waals surface area contributed by atoms with Gasteiger partial charge in [0.1, 0.15) is 0 Å². The van der Waals surface area contributed by atoms with Crippen LogP contribution in [0.5, 0.6) is 0 Å². The van der Waals surface area contributed by atoms with Gasteiger partial charge in [0.15, 0.2) is 6.29 Å². The highest BCUT2D eigenvalue weighted by molar-refractivity contribution is 5.98. The van der Waals surface area contributed by atoms with Crippen LogP contribution in [0.1, 0.15) is 10.4 Å². The summed E-state index contributed by atoms with van der Waals surface area (Å²) in [5, 5.41) is 22.1. The van der Waals surface area contributed by atoms with Crippen LogP contribution in [-0.4, -0.2) is 16.1 Å². The standard InChI is InChI=1S/C11H6N2O5/c14-6-8-4-9-7(5-11(8)13(17)18)2-1-3-10(9)12(15)16/h1-6H. The van der Waals surface area contributed by atoms with E-state index in [1.54, 1.807) is 0 Å². The van der Waals surface area contributed by atoms with Crippen molar-refractivity contribution in [1.29, 1.82) is 0 Å². The molecule has 2 aromatic carbocycles. The van der Waals surface area contributed by atoms with Crippen LogP contribution in [0.3, 0.4) is 0 Å². The molecule has 0 radical (unpaired) electrons. The van der Waals surface area contributed by atoms with Gasteiger partial charge < -0.3 is 0 Å². The molecule has 0 aromatic heterocycles. The molecule has 0 saturated carbocycles. The average molecular weight is 246 g/mol. The zero-order chi connectivity index (χ0) is 13.3. The SMILES string of the molecule is O=Cc1cc2c([N+](=O)[O-])cccc2cc1[N+](=O)[O-]. The van der Waals surface area contributed by atoms with Gasteiger partial charge in [0, 0.05) is 12.1 Å². The van der Waals surface area contributed by atoms with Gasteiger partial charge in [0.05, 0.1) is 20.8 Å². The van der Waals surface area contributed by atoms with Crippen molar-refractivity contribution in [3.63, 3.8) is 0 Å². The predicted molar refractivity (Wildman–Crippen MR) is 62.6 cm³/mol. The molecule has 2 rings (SSSR count). The number of hydrogen-bond acceptors (Lipinski definition) is 5. The second-order valence-corrected chi connectivity index (χ2v) is 3.54. The van der Waals surface area contributed by atoms with Crippen molar-refractivity contribution in [3.8, 4) is 0 Å². The van der Waals surface area contributed by atoms with Gasteiger partial charge in [0.2, 0.25) is 0 Å². The van der Waals surface area contributed by atoms with E-state index in [1.165, 1.54) is 24.3 Å². The quantitative estimate of drug-likeness (QED) is 0.470. The summed E-state index contributed by atoms with van der Waals surface area (Å²) < 4.78 is 0. The summed E-state index contributed by atoms with van der Waals surface area (Å²) in [6, 6.07) is 6.56. The number of benzene rings is 2. The molecule has 0 aliphatic carbocycles. The monoisotopic (exact) mass is 246 g/mol. The summed E-state index contributed by atoms with van der Waals surface area (Å²) in [6.45, 7) is 0. The number of rotatable bonds is 3. The summed E-state index contributed by atoms with van der Waals surface area (Å²) in [6.07, 6.45) is 0.314. The minimum Gasteiger partial charge on any atom is -0.298 e. The molecule has 0 aliphatic rings. The van der Waals surface area contributed by atoms with Gasteiger partial charge in [-0.05, 0) is 11.5 Å². The van der Waals surface area contributed by atoms with E-state index in [4.69, 9.17) is 0 Å². The third-order valence-electron chi connectivity index (χ3n) is 2.53. The number of carbonyl (C=O) groups excluding carboxylic acids is 1. The zero-order valence-electron chi connectivity index (χ0n) is 8.90. The first-order chi connectivity index (χ1) is 8.54. The van der Waals surface area contributed by atoms with Crippen molar-refractivity contribution in [1.82, 2.24) is 0 Å². The molecule has 90 valence electrons. The third kappa shape index (κ3) is 1.77. The molecule has 0 fully saturated rings. The first kappa shape index (κ1) is 11.6. The lowest BCUT2D eigenvalue weighted by atomic mass is 10.0. The maximum atomic E-state index is 10.8. The molecule has 2 aromatic rings. The van der Waals surface area contributed by atoms with Crippen LogP contribution in [0.25, 0.3) is 10.8 Å². The van der Waals surface area contributed by atoms with E-state index < -0.39 is 9.85 Å². The van der Waals surface area contributed by atoms with Crippen molar-refractivity contribution in [2.24, 2.45) is 0 Å². The van der Waals surface area contributed by atoms with Crippen LogP contribution in [0.15, 0.2) is 30.3 Å². The van der Waals surface area contributed by atoms with E-state index in [-0.39, 0.29) is 22.3 Å². The Hall–Kier alpha value is -2.83. The van der Waals surface area contributed by atoms with Crippen molar-refractivity contribution < 1.29 is 14.6 Å². The lowest BCUT2D eigenvalue weighted by Gasteiger charge is -2.01. The average Bonchev–Trinajstić information content (AvgIpc) is 2.35. The molecular weight excluding hydrogens is 240 g/mol. The Balaban J connectivity index is 2.87. The van der Waals surface area contributed by atoms with Gasteiger partial charge in [-0.2, -0.15) is 0 Å². The molecule has 18 heavy (non-hydrogen) atoms. The summed E-state index contributed by atoms with van der Waals surface area (Å²) in [5.41, 5.74) is -0.731. The normalized spacial score (nSPS) is 10.2. The van der Waals surface area contributed by atoms with Crippen LogP contribution in [0.2, 0.25) is 0 Å². The van der Waals surface area contributed by atoms with E-state index in [0.717, 1.165) is 6.07 Å². The Morgan fingerprint density at radius 3 is 2.22 bits per heavy atom. The maximum absolute atomic E-state index is 10.8. The molecule has 0 unspecified atom stereocenters. The second-order valence-electron chi connectivity index (χ2n) is 3.54. The van der Waals surface area contributed by atoms with E-state index in [9.17, 15) is 25.0 Å². The topological polar surface area (TPSA) is 103 Å². The lowest BCUT2D eigenvalue weighted by Crippen LogP contribution is -1.96. The maximum Gasteiger partial charge on any atom is 0.280 e. The minimum absolute atomic E-state index is 0.179. The molecule has 0 heterocycles. The van der Waals surface area contributed by atoms with Gasteiger partial charge in [-0.25, -0.2) is 0 Å². The van der Waals surface area contributed by atoms with Crippen LogP contribution in [0.4, 0.5) is 11.4 Å². The van der Waals surface area contributed by atoms with Gasteiger partial charge in [-0.15, -0.1) is 0 Å². The van der Waals surface area contributed by atoms with Crippen LogP contribution in [0, 0.1) is 20.2 Å². The lowest BCUT2D eigenvalue weighted by molar-refractivity contribution is -0.385. The van der Waals surface area contributed by atoms with Gasteiger partial charge in [-0.3, -0.25) is 25.0 Å². The highest BCUT2D eigenvalue weighted by Crippen LogP contribution is 2.30. The fraction of sp³-hybridized carbons (Fsp3) is 0. The molecule has 0 aliphatic heterocycles. The van der Waals surface area contributed by atoms with Crippen LogP contribution < -0.4 is 0 Å². The number of fused-ring (bicyclic) bond motifs is 1. The largest absolute Gasteiger partial charge is 0.298 e. The van der Waals surface area contributed by atoms with E-state index in [2.05, 4.69) is 0 Å². The van der Waals surface area contributed by atoms with Crippen molar-refractivity contribution >= 4 is 28.4 Å². The Morgan fingerprint density at radius 1 is 1.00 bits per heavy atom. The molecule has 0 spiro atoms. The summed E-state index contributed by atoms with van der Waals surface area (Å²) in [4.78, 5) is 31.1. The second kappa shape index (κ2) is 4.21. The summed E-state index contributed by atoms with van der Waals surface area (Å²) in [7, 11) is 0.